The lowest BCUT2D eigenvalue weighted by Gasteiger charge is -2.16. The molecule has 0 unspecified atom stereocenters. The molecule has 0 aliphatic heterocycles. The minimum Gasteiger partial charge on any atom is -0.495 e. The molecule has 4 N–H and O–H groups in total. The normalized spacial score (nSPS) is 10.3. The topological polar surface area (TPSA) is 57.4 Å². The van der Waals surface area contributed by atoms with Gasteiger partial charge in [-0.25, -0.2) is 0 Å². The number of hydrogen-bond acceptors (Lipinski definition) is 3. The summed E-state index contributed by atoms with van der Waals surface area (Å²) in [5.41, 5.74) is 2.74. The quantitative estimate of drug-likeness (QED) is 0.243. The highest BCUT2D eigenvalue weighted by atomic mass is 35.5. The van der Waals surface area contributed by atoms with Crippen molar-refractivity contribution in [2.75, 3.05) is 28.4 Å². The highest BCUT2D eigenvalue weighted by Gasteiger charge is 2.09. The van der Waals surface area contributed by atoms with Gasteiger partial charge in [0.1, 0.15) is 5.75 Å². The van der Waals surface area contributed by atoms with Gasteiger partial charge in [-0.1, -0.05) is 46.4 Å². The summed E-state index contributed by atoms with van der Waals surface area (Å²) in [7, 11) is 1.57. The van der Waals surface area contributed by atoms with E-state index in [2.05, 4.69) is 21.3 Å². The van der Waals surface area contributed by atoms with Crippen LogP contribution in [0.3, 0.4) is 0 Å². The Morgan fingerprint density at radius 3 is 1.53 bits per heavy atom. The minimum atomic E-state index is 0.343. The lowest BCUT2D eigenvalue weighted by Crippen LogP contribution is -2.21. The Hall–Kier alpha value is -2.00. The number of ether oxygens (including phenoxy) is 1. The standard InChI is InChI=1S/C21H16Cl4N4OS2/c1-30-19-7-4-13(28-20(31)26-11-2-5-14(22)16(24)8-11)10-18(19)29-21(32)27-12-3-6-15(23)17(25)9-12/h2-10H,1H3,(H2,26,28,31)(H2,27,29,32). The van der Waals surface area contributed by atoms with Gasteiger partial charge in [-0.2, -0.15) is 0 Å². The number of benzene rings is 3. The highest BCUT2D eigenvalue weighted by Crippen LogP contribution is 2.30. The monoisotopic (exact) mass is 544 g/mol. The van der Waals surface area contributed by atoms with E-state index in [9.17, 15) is 0 Å². The molecule has 0 heterocycles. The lowest BCUT2D eigenvalue weighted by molar-refractivity contribution is 0.417. The summed E-state index contributed by atoms with van der Waals surface area (Å²) in [5.74, 6) is 0.595. The second kappa shape index (κ2) is 11.2. The van der Waals surface area contributed by atoms with E-state index in [4.69, 9.17) is 75.6 Å². The van der Waals surface area contributed by atoms with Crippen LogP contribution < -0.4 is 26.0 Å². The molecule has 32 heavy (non-hydrogen) atoms. The SMILES string of the molecule is COc1ccc(NC(=S)Nc2ccc(Cl)c(Cl)c2)cc1NC(=S)Nc1ccc(Cl)c(Cl)c1. The summed E-state index contributed by atoms with van der Waals surface area (Å²) >= 11 is 34.8. The van der Waals surface area contributed by atoms with Crippen LogP contribution in [0.1, 0.15) is 0 Å². The van der Waals surface area contributed by atoms with E-state index in [0.717, 1.165) is 0 Å². The average Bonchev–Trinajstić information content (AvgIpc) is 2.73. The van der Waals surface area contributed by atoms with Crippen LogP contribution in [0.5, 0.6) is 5.75 Å². The molecule has 0 amide bonds. The van der Waals surface area contributed by atoms with E-state index < -0.39 is 0 Å². The molecule has 0 spiro atoms. The largest absolute Gasteiger partial charge is 0.495 e. The predicted octanol–water partition coefficient (Wildman–Crippen LogP) is 7.93. The maximum atomic E-state index is 6.05. The smallest absolute Gasteiger partial charge is 0.175 e. The summed E-state index contributed by atoms with van der Waals surface area (Å²) in [6, 6.07) is 15.7. The van der Waals surface area contributed by atoms with E-state index in [1.165, 1.54) is 0 Å². The van der Waals surface area contributed by atoms with Crippen LogP contribution in [0.2, 0.25) is 20.1 Å². The number of anilines is 4. The molecule has 3 aromatic rings. The third-order valence-electron chi connectivity index (χ3n) is 4.06. The van der Waals surface area contributed by atoms with Gasteiger partial charge in [-0.3, -0.25) is 0 Å². The minimum absolute atomic E-state index is 0.343. The molecular weight excluding hydrogens is 530 g/mol. The third-order valence-corrected chi connectivity index (χ3v) is 5.95. The first-order chi connectivity index (χ1) is 15.2. The first-order valence-electron chi connectivity index (χ1n) is 8.99. The molecule has 3 rings (SSSR count). The van der Waals surface area contributed by atoms with Crippen molar-refractivity contribution in [2.24, 2.45) is 0 Å². The zero-order valence-electron chi connectivity index (χ0n) is 16.4. The van der Waals surface area contributed by atoms with Crippen molar-refractivity contribution in [3.05, 3.63) is 74.7 Å². The van der Waals surface area contributed by atoms with Gasteiger partial charge in [-0.15, -0.1) is 0 Å². The molecule has 0 saturated carbocycles. The fourth-order valence-electron chi connectivity index (χ4n) is 2.61. The van der Waals surface area contributed by atoms with Crippen molar-refractivity contribution in [2.45, 2.75) is 0 Å². The Bertz CT molecular complexity index is 1180. The molecule has 0 aromatic heterocycles. The second-order valence-electron chi connectivity index (χ2n) is 6.33. The first kappa shape index (κ1) is 24.6. The average molecular weight is 546 g/mol. The van der Waals surface area contributed by atoms with Gasteiger partial charge >= 0.3 is 0 Å². The summed E-state index contributed by atoms with van der Waals surface area (Å²) in [4.78, 5) is 0. The fraction of sp³-hybridized carbons (Fsp3) is 0.0476. The van der Waals surface area contributed by atoms with Crippen LogP contribution in [0, 0.1) is 0 Å². The van der Waals surface area contributed by atoms with E-state index in [0.29, 0.717) is 58.8 Å². The van der Waals surface area contributed by atoms with Crippen molar-refractivity contribution in [1.82, 2.24) is 0 Å². The number of thiocarbonyl (C=S) groups is 2. The fourth-order valence-corrected chi connectivity index (χ4v) is 3.67. The lowest BCUT2D eigenvalue weighted by atomic mass is 10.2. The van der Waals surface area contributed by atoms with Crippen molar-refractivity contribution in [1.29, 1.82) is 0 Å². The molecule has 0 aliphatic carbocycles. The Kier molecular flexibility index (Phi) is 8.64. The maximum absolute atomic E-state index is 6.05. The van der Waals surface area contributed by atoms with Gasteiger partial charge in [-0.05, 0) is 79.0 Å². The van der Waals surface area contributed by atoms with Gasteiger partial charge in [0.15, 0.2) is 10.2 Å². The van der Waals surface area contributed by atoms with E-state index >= 15 is 0 Å². The molecule has 11 heteroatoms. The van der Waals surface area contributed by atoms with Crippen LogP contribution >= 0.6 is 70.8 Å². The van der Waals surface area contributed by atoms with Crippen LogP contribution in [0.15, 0.2) is 54.6 Å². The van der Waals surface area contributed by atoms with Crippen LogP contribution in [0.4, 0.5) is 22.7 Å². The van der Waals surface area contributed by atoms with E-state index in [-0.39, 0.29) is 0 Å². The number of hydrogen-bond donors (Lipinski definition) is 4. The Morgan fingerprint density at radius 1 is 0.625 bits per heavy atom. The zero-order chi connectivity index (χ0) is 23.3. The Morgan fingerprint density at radius 2 is 1.06 bits per heavy atom. The van der Waals surface area contributed by atoms with Gasteiger partial charge in [0.05, 0.1) is 32.9 Å². The van der Waals surface area contributed by atoms with Crippen molar-refractivity contribution in [3.63, 3.8) is 0 Å². The van der Waals surface area contributed by atoms with Crippen molar-refractivity contribution < 1.29 is 4.74 Å². The second-order valence-corrected chi connectivity index (χ2v) is 8.78. The molecule has 0 atom stereocenters. The van der Waals surface area contributed by atoms with E-state index in [1.54, 1.807) is 49.6 Å². The van der Waals surface area contributed by atoms with Crippen LogP contribution in [-0.2, 0) is 0 Å². The van der Waals surface area contributed by atoms with E-state index in [1.807, 2.05) is 12.1 Å². The number of nitrogens with one attached hydrogen (secondary N) is 4. The van der Waals surface area contributed by atoms with Crippen molar-refractivity contribution in [3.8, 4) is 5.75 Å². The van der Waals surface area contributed by atoms with Crippen molar-refractivity contribution >= 4 is 104 Å². The Labute approximate surface area is 216 Å². The molecule has 166 valence electrons. The molecular formula is C21H16Cl4N4OS2. The zero-order valence-corrected chi connectivity index (χ0v) is 21.1. The molecule has 0 radical (unpaired) electrons. The summed E-state index contributed by atoms with van der Waals surface area (Å²) < 4.78 is 5.42. The highest BCUT2D eigenvalue weighted by molar-refractivity contribution is 7.81. The molecule has 0 saturated heterocycles. The molecule has 3 aromatic carbocycles. The summed E-state index contributed by atoms with van der Waals surface area (Å²) in [5, 5.41) is 14.8. The summed E-state index contributed by atoms with van der Waals surface area (Å²) in [6.45, 7) is 0. The van der Waals surface area contributed by atoms with Gasteiger partial charge < -0.3 is 26.0 Å². The third kappa shape index (κ3) is 6.75. The number of halogens is 4. The van der Waals surface area contributed by atoms with Gasteiger partial charge in [0.2, 0.25) is 0 Å². The predicted molar refractivity (Wildman–Crippen MR) is 146 cm³/mol. The van der Waals surface area contributed by atoms with Crippen LogP contribution in [-0.4, -0.2) is 17.3 Å². The van der Waals surface area contributed by atoms with Crippen LogP contribution in [0.25, 0.3) is 0 Å². The summed E-state index contributed by atoms with van der Waals surface area (Å²) in [6.07, 6.45) is 0. The maximum Gasteiger partial charge on any atom is 0.175 e. The Balaban J connectivity index is 1.68. The first-order valence-corrected chi connectivity index (χ1v) is 11.3. The number of methoxy groups -OCH3 is 1. The van der Waals surface area contributed by atoms with Gasteiger partial charge in [0, 0.05) is 17.1 Å². The molecule has 0 fully saturated rings. The molecule has 0 bridgehead atoms. The van der Waals surface area contributed by atoms with Gasteiger partial charge in [0.25, 0.3) is 0 Å². The molecule has 0 aliphatic rings. The number of rotatable bonds is 5. The molecule has 5 nitrogen and oxygen atoms in total.